The molecule has 0 radical (unpaired) electrons. The number of Topliss-reactive ketones (excluding diaryl/α,β-unsaturated/α-hetero) is 2. The fourth-order valence-corrected chi connectivity index (χ4v) is 16.2. The van der Waals surface area contributed by atoms with Crippen LogP contribution in [-0.4, -0.2) is 55.8 Å². The number of carbonyl (C=O) groups is 2. The molecule has 0 aliphatic heterocycles. The Hall–Kier alpha value is -14.5. The van der Waals surface area contributed by atoms with Crippen molar-refractivity contribution in [1.82, 2.24) is 15.0 Å². The number of hydrogen-bond acceptors (Lipinski definition) is 11. The summed E-state index contributed by atoms with van der Waals surface area (Å²) in [6.07, 6.45) is 0. The largest absolute Gasteiger partial charge is 0.534 e. The van der Waals surface area contributed by atoms with Crippen molar-refractivity contribution in [2.75, 3.05) is 0 Å². The second-order valence-corrected chi connectivity index (χ2v) is 39.6. The van der Waals surface area contributed by atoms with Crippen LogP contribution >= 0.6 is 47.8 Å². The van der Waals surface area contributed by atoms with E-state index < -0.39 is 21.4 Å². The Morgan fingerprint density at radius 1 is 0.261 bits per heavy atom. The predicted molar refractivity (Wildman–Crippen MR) is 567 cm³/mol. The summed E-state index contributed by atoms with van der Waals surface area (Å²) in [5, 5.41) is 28.3. The zero-order valence-corrected chi connectivity index (χ0v) is 83.1. The molecule has 690 valence electrons. The molecular weight excluding hydrogens is 1940 g/mol. The van der Waals surface area contributed by atoms with Crippen LogP contribution in [0.4, 0.5) is 13.2 Å². The topological polar surface area (TPSA) is 177 Å². The minimum atomic E-state index is -5.78. The molecule has 0 saturated carbocycles. The minimum absolute atomic E-state index is 0.0139. The van der Waals surface area contributed by atoms with Gasteiger partial charge in [0.2, 0.25) is 0 Å². The van der Waals surface area contributed by atoms with Crippen LogP contribution in [0.15, 0.2) is 414 Å². The van der Waals surface area contributed by atoms with Gasteiger partial charge in [0, 0.05) is 57.9 Å². The van der Waals surface area contributed by atoms with Crippen molar-refractivity contribution in [1.29, 1.82) is 0 Å². The van der Waals surface area contributed by atoms with Gasteiger partial charge < -0.3 is 19.5 Å². The number of carbonyl (C=O) groups excluding carboxylic acids is 2. The van der Waals surface area contributed by atoms with Crippen LogP contribution < -0.4 is 4.18 Å². The lowest BCUT2D eigenvalue weighted by Gasteiger charge is -2.19. The fourth-order valence-electron chi connectivity index (χ4n) is 14.9. The molecule has 138 heavy (non-hydrogen) atoms. The van der Waals surface area contributed by atoms with Crippen molar-refractivity contribution in [2.24, 2.45) is 0 Å². The second kappa shape index (κ2) is 44.1. The molecular formula is C120H99Br3F3N3O8S. The lowest BCUT2D eigenvalue weighted by molar-refractivity contribution is -0.0500. The highest BCUT2D eigenvalue weighted by Gasteiger charge is 2.48. The number of phenols is 3. The van der Waals surface area contributed by atoms with E-state index in [2.05, 4.69) is 307 Å². The average Bonchev–Trinajstić information content (AvgIpc) is 0.800. The summed E-state index contributed by atoms with van der Waals surface area (Å²) >= 11 is 10.3. The van der Waals surface area contributed by atoms with E-state index >= 15 is 0 Å². The number of pyridine rings is 3. The monoisotopic (exact) mass is 2040 g/mol. The summed E-state index contributed by atoms with van der Waals surface area (Å²) in [6, 6.07) is 130. The summed E-state index contributed by atoms with van der Waals surface area (Å²) in [6.45, 7) is 20.5. The first-order chi connectivity index (χ1) is 65.9. The molecule has 0 aliphatic carbocycles. The number of benzene rings is 15. The van der Waals surface area contributed by atoms with Crippen LogP contribution in [0.3, 0.4) is 0 Å². The summed E-state index contributed by atoms with van der Waals surface area (Å²) in [5.74, 6) is 0.381. The van der Waals surface area contributed by atoms with E-state index in [4.69, 9.17) is 20.1 Å². The van der Waals surface area contributed by atoms with Crippen molar-refractivity contribution in [3.8, 4) is 168 Å². The molecule has 0 aliphatic rings. The number of phenolic OH excluding ortho intramolecular Hbond substituents is 3. The fraction of sp³-hybridized carbons (Fsp3) is 0.108. The maximum atomic E-state index is 12.9. The third-order valence-corrected chi connectivity index (χ3v) is 25.6. The van der Waals surface area contributed by atoms with Gasteiger partial charge >= 0.3 is 15.6 Å². The molecule has 18 aromatic rings. The number of nitrogens with zero attached hydrogens (tertiary/aromatic N) is 3. The molecule has 3 N–H and O–H groups in total. The highest BCUT2D eigenvalue weighted by Crippen LogP contribution is 2.40. The standard InChI is InChI=1S/C41H34F3NO3S.C40H35NO.C23H15Br2NO.C8H7BrO.C8H8O2/c1-27-5-7-28(8-6-27)29-9-13-33(14-10-29)38-25-35(32-19-23-37(24-20-32)48-49(46,47)41(42,43)44)26-39(45-38)34-15-11-30(12-16-34)31-17-21-36(22-18-31)40(2,3)4;1-27-5-7-28(8-6-27)29-9-13-33(14-10-29)38-25-35(32-19-23-37(42)24-20-32)26-39(41-38)34-15-11-30(12-16-34)31-17-21-36(22-18-31)40(2,3)4;24-19-7-1-16(2-8-19)22-13-18(15-5-11-21(27)12-6-15)14-23(26-22)17-3-9-20(25)10-4-17;1-6(10)7-2-4-8(9)5-3-7;1-6(9)7-2-4-8(10)5-3-7/h5-26H,1-4H3;5-26,42H,1-4H3;1-14,27H;2-5H,1H3;2-5,10H,1H3. The highest BCUT2D eigenvalue weighted by atomic mass is 79.9. The Labute approximate surface area is 829 Å². The van der Waals surface area contributed by atoms with Crippen molar-refractivity contribution in [3.05, 3.63) is 447 Å². The van der Waals surface area contributed by atoms with E-state index in [1.807, 2.05) is 116 Å². The van der Waals surface area contributed by atoms with Crippen LogP contribution in [-0.2, 0) is 20.9 Å². The first kappa shape index (κ1) is 99.4. The molecule has 3 heterocycles. The number of aromatic nitrogens is 3. The normalized spacial score (nSPS) is 11.2. The maximum absolute atomic E-state index is 12.9. The van der Waals surface area contributed by atoms with Gasteiger partial charge in [0.25, 0.3) is 0 Å². The van der Waals surface area contributed by atoms with Gasteiger partial charge in [0.1, 0.15) is 23.0 Å². The molecule has 0 fully saturated rings. The summed E-state index contributed by atoms with van der Waals surface area (Å²) in [4.78, 5) is 36.5. The summed E-state index contributed by atoms with van der Waals surface area (Å²) in [7, 11) is -5.78. The number of ketones is 2. The molecule has 0 saturated heterocycles. The van der Waals surface area contributed by atoms with Gasteiger partial charge in [0.05, 0.1) is 34.2 Å². The molecule has 11 nitrogen and oxygen atoms in total. The molecule has 0 bridgehead atoms. The zero-order chi connectivity index (χ0) is 98.2. The van der Waals surface area contributed by atoms with Crippen molar-refractivity contribution in [3.63, 3.8) is 0 Å². The van der Waals surface area contributed by atoms with E-state index in [1.165, 1.54) is 87.8 Å². The third-order valence-electron chi connectivity index (χ3n) is 23.0. The van der Waals surface area contributed by atoms with Crippen molar-refractivity contribution in [2.45, 2.75) is 85.6 Å². The van der Waals surface area contributed by atoms with Crippen LogP contribution in [0.5, 0.6) is 23.0 Å². The number of aromatic hydroxyl groups is 3. The highest BCUT2D eigenvalue weighted by molar-refractivity contribution is 9.11. The van der Waals surface area contributed by atoms with Gasteiger partial charge in [-0.3, -0.25) is 9.59 Å². The van der Waals surface area contributed by atoms with E-state index in [-0.39, 0.29) is 39.6 Å². The van der Waals surface area contributed by atoms with Gasteiger partial charge in [-0.2, -0.15) is 21.6 Å². The molecule has 0 atom stereocenters. The Bertz CT molecular complexity index is 7150. The van der Waals surface area contributed by atoms with Crippen LogP contribution in [0.2, 0.25) is 0 Å². The SMILES string of the molecule is CC(=O)c1ccc(Br)cc1.CC(=O)c1ccc(O)cc1.Cc1ccc(-c2ccc(-c3cc(-c4ccc(O)cc4)cc(-c4ccc(-c5ccc(C(C)(C)C)cc5)cc4)n3)cc2)cc1.Cc1ccc(-c2ccc(-c3cc(-c4ccc(OS(=O)(=O)C(F)(F)F)cc4)cc(-c4ccc(-c5ccc(C(C)(C)C)cc5)cc4)n3)cc2)cc1.Oc1ccc(-c2cc(-c3ccc(Br)cc3)nc(-c3ccc(Br)cc3)c2)cc1. The second-order valence-electron chi connectivity index (χ2n) is 35.4. The van der Waals surface area contributed by atoms with E-state index in [0.29, 0.717) is 22.5 Å². The quantitative estimate of drug-likeness (QED) is 0.0449. The Balaban J connectivity index is 0.000000153. The number of aryl methyl sites for hydroxylation is 2. The molecule has 15 aromatic carbocycles. The number of hydrogen-bond donors (Lipinski definition) is 3. The average molecular weight is 2040 g/mol. The number of rotatable bonds is 17. The zero-order valence-electron chi connectivity index (χ0n) is 77.5. The smallest absolute Gasteiger partial charge is 0.508 e. The Kier molecular flexibility index (Phi) is 31.8. The maximum Gasteiger partial charge on any atom is 0.534 e. The van der Waals surface area contributed by atoms with Gasteiger partial charge in [-0.1, -0.05) is 367 Å². The van der Waals surface area contributed by atoms with Crippen LogP contribution in [0.1, 0.15) is 98.4 Å². The van der Waals surface area contributed by atoms with Gasteiger partial charge in [-0.05, 0) is 261 Å². The van der Waals surface area contributed by atoms with E-state index in [9.17, 15) is 41.4 Å². The van der Waals surface area contributed by atoms with E-state index in [0.717, 1.165) is 125 Å². The van der Waals surface area contributed by atoms with Gasteiger partial charge in [0.15, 0.2) is 11.6 Å². The number of halogens is 6. The summed E-state index contributed by atoms with van der Waals surface area (Å²) < 4.78 is 69.0. The lowest BCUT2D eigenvalue weighted by Crippen LogP contribution is -2.28. The van der Waals surface area contributed by atoms with E-state index in [1.54, 1.807) is 55.5 Å². The molecule has 3 aromatic heterocycles. The first-order valence-electron chi connectivity index (χ1n) is 44.5. The molecule has 0 spiro atoms. The van der Waals surface area contributed by atoms with Crippen LogP contribution in [0, 0.1) is 13.8 Å². The first-order valence-corrected chi connectivity index (χ1v) is 48.3. The Morgan fingerprint density at radius 3 is 0.659 bits per heavy atom. The lowest BCUT2D eigenvalue weighted by atomic mass is 9.86. The van der Waals surface area contributed by atoms with Gasteiger partial charge in [-0.25, -0.2) is 15.0 Å². The van der Waals surface area contributed by atoms with Crippen molar-refractivity contribution >= 4 is 69.5 Å². The number of alkyl halides is 3. The predicted octanol–water partition coefficient (Wildman–Crippen LogP) is 33.5. The molecule has 0 amide bonds. The molecule has 18 rings (SSSR count). The van der Waals surface area contributed by atoms with Crippen LogP contribution in [0.25, 0.3) is 145 Å². The summed E-state index contributed by atoms with van der Waals surface area (Å²) in [5.41, 5.74) is 26.8. The molecule has 0 unspecified atom stereocenters. The van der Waals surface area contributed by atoms with Crippen molar-refractivity contribution < 1.29 is 50.7 Å². The third kappa shape index (κ3) is 26.6. The minimum Gasteiger partial charge on any atom is -0.508 e. The molecule has 18 heteroatoms. The Morgan fingerprint density at radius 2 is 0.435 bits per heavy atom. The van der Waals surface area contributed by atoms with Gasteiger partial charge in [-0.15, -0.1) is 0 Å².